The van der Waals surface area contributed by atoms with E-state index in [0.29, 0.717) is 12.1 Å². The van der Waals surface area contributed by atoms with Crippen LogP contribution in [-0.2, 0) is 6.42 Å². The van der Waals surface area contributed by atoms with E-state index in [0.717, 1.165) is 26.1 Å². The molecule has 0 spiro atoms. The van der Waals surface area contributed by atoms with Crippen LogP contribution in [0, 0.1) is 0 Å². The second-order valence-electron chi connectivity index (χ2n) is 5.86. The van der Waals surface area contributed by atoms with Crippen molar-refractivity contribution in [3.63, 3.8) is 0 Å². The number of nitrogens with zero attached hydrogens (tertiary/aromatic N) is 2. The zero-order valence-electron chi connectivity index (χ0n) is 12.7. The van der Waals surface area contributed by atoms with E-state index in [1.165, 1.54) is 11.3 Å². The minimum Gasteiger partial charge on any atom is -0.364 e. The molecule has 0 saturated carbocycles. The average Bonchev–Trinajstić information content (AvgIpc) is 2.40. The summed E-state index contributed by atoms with van der Waals surface area (Å²) in [6.07, 6.45) is 1.10. The molecule has 1 aromatic rings. The quantitative estimate of drug-likeness (QED) is 0.894. The van der Waals surface area contributed by atoms with Gasteiger partial charge in [-0.1, -0.05) is 25.1 Å². The fourth-order valence-electron chi connectivity index (χ4n) is 2.93. The largest absolute Gasteiger partial charge is 0.364 e. The summed E-state index contributed by atoms with van der Waals surface area (Å²) in [6, 6.07) is 9.96. The second-order valence-corrected chi connectivity index (χ2v) is 5.86. The molecule has 0 radical (unpaired) electrons. The number of piperazine rings is 1. The topological polar surface area (TPSA) is 18.5 Å². The molecule has 1 aliphatic rings. The highest BCUT2D eigenvalue weighted by atomic mass is 15.3. The Kier molecular flexibility index (Phi) is 4.83. The Labute approximate surface area is 117 Å². The number of benzene rings is 1. The van der Waals surface area contributed by atoms with Gasteiger partial charge in [0.25, 0.3) is 0 Å². The van der Waals surface area contributed by atoms with Gasteiger partial charge in [-0.25, -0.2) is 0 Å². The first-order valence-electron chi connectivity index (χ1n) is 7.34. The number of rotatable bonds is 4. The summed E-state index contributed by atoms with van der Waals surface area (Å²) in [6.45, 7) is 7.77. The highest BCUT2D eigenvalue weighted by Gasteiger charge is 2.27. The van der Waals surface area contributed by atoms with Crippen LogP contribution >= 0.6 is 0 Å². The van der Waals surface area contributed by atoms with Crippen LogP contribution in [-0.4, -0.2) is 50.7 Å². The minimum absolute atomic E-state index is 0.555. The van der Waals surface area contributed by atoms with Crippen molar-refractivity contribution in [2.24, 2.45) is 0 Å². The van der Waals surface area contributed by atoms with Crippen molar-refractivity contribution in [1.82, 2.24) is 10.2 Å². The van der Waals surface area contributed by atoms with Crippen LogP contribution in [0.4, 0.5) is 5.69 Å². The molecule has 1 heterocycles. The van der Waals surface area contributed by atoms with Gasteiger partial charge in [0.2, 0.25) is 0 Å². The highest BCUT2D eigenvalue weighted by molar-refractivity contribution is 5.55. The molecule has 1 aliphatic heterocycles. The molecule has 2 atom stereocenters. The maximum Gasteiger partial charge on any atom is 0.0542 e. The molecule has 3 nitrogen and oxygen atoms in total. The van der Waals surface area contributed by atoms with Crippen molar-refractivity contribution >= 4 is 5.69 Å². The fourth-order valence-corrected chi connectivity index (χ4v) is 2.93. The van der Waals surface area contributed by atoms with Crippen LogP contribution < -0.4 is 10.2 Å². The monoisotopic (exact) mass is 261 g/mol. The lowest BCUT2D eigenvalue weighted by atomic mass is 10.0. The smallest absolute Gasteiger partial charge is 0.0542 e. The normalized spacial score (nSPS) is 23.9. The molecule has 106 valence electrons. The Morgan fingerprint density at radius 2 is 2.05 bits per heavy atom. The zero-order valence-corrected chi connectivity index (χ0v) is 12.7. The van der Waals surface area contributed by atoms with Crippen molar-refractivity contribution in [1.29, 1.82) is 0 Å². The Morgan fingerprint density at radius 1 is 1.32 bits per heavy atom. The van der Waals surface area contributed by atoms with Crippen LogP contribution in [0.1, 0.15) is 19.4 Å². The molecular weight excluding hydrogens is 234 g/mol. The Morgan fingerprint density at radius 3 is 2.74 bits per heavy atom. The van der Waals surface area contributed by atoms with Gasteiger partial charge in [-0.3, -0.25) is 0 Å². The number of likely N-dealkylation sites (N-methyl/N-ethyl adjacent to an activating group) is 1. The van der Waals surface area contributed by atoms with Crippen LogP contribution in [0.5, 0.6) is 0 Å². The van der Waals surface area contributed by atoms with Gasteiger partial charge in [0.15, 0.2) is 0 Å². The van der Waals surface area contributed by atoms with Gasteiger partial charge < -0.3 is 15.1 Å². The van der Waals surface area contributed by atoms with Crippen LogP contribution in [0.15, 0.2) is 24.3 Å². The lowest BCUT2D eigenvalue weighted by Gasteiger charge is -2.43. The summed E-state index contributed by atoms with van der Waals surface area (Å²) >= 11 is 0. The summed E-state index contributed by atoms with van der Waals surface area (Å²) in [5.74, 6) is 0. The molecule has 0 aromatic heterocycles. The maximum atomic E-state index is 3.61. The number of hydrogen-bond donors (Lipinski definition) is 1. The third-order valence-corrected chi connectivity index (χ3v) is 3.87. The van der Waals surface area contributed by atoms with E-state index in [2.05, 4.69) is 67.3 Å². The number of para-hydroxylation sites is 1. The minimum atomic E-state index is 0.555. The Bertz CT molecular complexity index is 403. The predicted molar refractivity (Wildman–Crippen MR) is 83.0 cm³/mol. The molecule has 1 aromatic carbocycles. The molecule has 0 amide bonds. The Hall–Kier alpha value is -1.06. The number of nitrogens with one attached hydrogen (secondary N) is 1. The summed E-state index contributed by atoms with van der Waals surface area (Å²) in [5, 5.41) is 3.61. The van der Waals surface area contributed by atoms with E-state index in [-0.39, 0.29) is 0 Å². The van der Waals surface area contributed by atoms with Gasteiger partial charge >= 0.3 is 0 Å². The molecular formula is C16H27N3. The molecule has 1 saturated heterocycles. The average molecular weight is 261 g/mol. The lowest BCUT2D eigenvalue weighted by Crippen LogP contribution is -2.58. The first kappa shape index (κ1) is 14.4. The van der Waals surface area contributed by atoms with E-state index in [9.17, 15) is 0 Å². The van der Waals surface area contributed by atoms with E-state index >= 15 is 0 Å². The summed E-state index contributed by atoms with van der Waals surface area (Å²) < 4.78 is 0. The van der Waals surface area contributed by atoms with E-state index in [4.69, 9.17) is 0 Å². The summed E-state index contributed by atoms with van der Waals surface area (Å²) in [5.41, 5.74) is 2.88. The number of aryl methyl sites for hydroxylation is 1. The van der Waals surface area contributed by atoms with Gasteiger partial charge in [0, 0.05) is 31.4 Å². The molecule has 1 fully saturated rings. The van der Waals surface area contributed by atoms with Gasteiger partial charge in [0.05, 0.1) is 6.04 Å². The van der Waals surface area contributed by atoms with Crippen molar-refractivity contribution < 1.29 is 0 Å². The van der Waals surface area contributed by atoms with E-state index in [1.54, 1.807) is 0 Å². The van der Waals surface area contributed by atoms with Crippen LogP contribution in [0.3, 0.4) is 0 Å². The highest BCUT2D eigenvalue weighted by Crippen LogP contribution is 2.25. The van der Waals surface area contributed by atoms with Crippen molar-refractivity contribution in [3.05, 3.63) is 29.8 Å². The molecule has 1 N–H and O–H groups in total. The van der Waals surface area contributed by atoms with Crippen molar-refractivity contribution in [3.8, 4) is 0 Å². The molecule has 2 unspecified atom stereocenters. The Balaban J connectivity index is 2.25. The lowest BCUT2D eigenvalue weighted by molar-refractivity contribution is 0.316. The van der Waals surface area contributed by atoms with Gasteiger partial charge in [-0.15, -0.1) is 0 Å². The van der Waals surface area contributed by atoms with Gasteiger partial charge in [-0.2, -0.15) is 0 Å². The third kappa shape index (κ3) is 3.48. The number of hydrogen-bond acceptors (Lipinski definition) is 3. The SMILES string of the molecule is CCc1ccccc1N1CC(C)NCC1CN(C)C. The molecule has 0 bridgehead atoms. The molecule has 0 aliphatic carbocycles. The third-order valence-electron chi connectivity index (χ3n) is 3.87. The van der Waals surface area contributed by atoms with Crippen molar-refractivity contribution in [2.45, 2.75) is 32.4 Å². The van der Waals surface area contributed by atoms with E-state index in [1.807, 2.05) is 0 Å². The first-order chi connectivity index (χ1) is 9.11. The van der Waals surface area contributed by atoms with Gasteiger partial charge in [0.1, 0.15) is 0 Å². The van der Waals surface area contributed by atoms with E-state index < -0.39 is 0 Å². The summed E-state index contributed by atoms with van der Waals surface area (Å²) in [7, 11) is 4.31. The zero-order chi connectivity index (χ0) is 13.8. The summed E-state index contributed by atoms with van der Waals surface area (Å²) in [4.78, 5) is 4.88. The molecule has 3 heteroatoms. The van der Waals surface area contributed by atoms with Gasteiger partial charge in [-0.05, 0) is 39.1 Å². The fraction of sp³-hybridized carbons (Fsp3) is 0.625. The first-order valence-corrected chi connectivity index (χ1v) is 7.34. The predicted octanol–water partition coefficient (Wildman–Crippen LogP) is 1.98. The molecule has 19 heavy (non-hydrogen) atoms. The number of anilines is 1. The van der Waals surface area contributed by atoms with Crippen LogP contribution in [0.2, 0.25) is 0 Å². The standard InChI is InChI=1S/C16H27N3/c1-5-14-8-6-7-9-16(14)19-11-13(2)17-10-15(19)12-18(3)4/h6-9,13,15,17H,5,10-12H2,1-4H3. The molecule has 2 rings (SSSR count). The maximum absolute atomic E-state index is 3.61. The van der Waals surface area contributed by atoms with Crippen LogP contribution in [0.25, 0.3) is 0 Å². The second kappa shape index (κ2) is 6.40. The van der Waals surface area contributed by atoms with Crippen molar-refractivity contribution in [2.75, 3.05) is 38.6 Å².